The van der Waals surface area contributed by atoms with E-state index < -0.39 is 0 Å². The van der Waals surface area contributed by atoms with Crippen molar-refractivity contribution in [3.8, 4) is 11.4 Å². The van der Waals surface area contributed by atoms with Gasteiger partial charge in [-0.3, -0.25) is 4.79 Å². The van der Waals surface area contributed by atoms with Crippen LogP contribution in [-0.4, -0.2) is 28.4 Å². The molecule has 2 N–H and O–H groups in total. The van der Waals surface area contributed by atoms with Gasteiger partial charge in [0.2, 0.25) is 0 Å². The number of nitrogens with zero attached hydrogens (tertiary/aromatic N) is 3. The molecule has 0 aliphatic heterocycles. The lowest BCUT2D eigenvalue weighted by atomic mass is 10.3. The summed E-state index contributed by atoms with van der Waals surface area (Å²) in [5.74, 6) is 0.957. The van der Waals surface area contributed by atoms with Gasteiger partial charge in [0.1, 0.15) is 5.75 Å². The normalized spacial score (nSPS) is 10.1. The zero-order valence-corrected chi connectivity index (χ0v) is 8.62. The topological polar surface area (TPSA) is 83.0 Å². The van der Waals surface area contributed by atoms with Gasteiger partial charge in [0.15, 0.2) is 17.8 Å². The maximum Gasteiger partial charge on any atom is 0.174 e. The fourth-order valence-electron chi connectivity index (χ4n) is 1.30. The highest BCUT2D eigenvalue weighted by atomic mass is 16.5. The molecule has 82 valence electrons. The van der Waals surface area contributed by atoms with E-state index in [0.29, 0.717) is 6.29 Å². The van der Waals surface area contributed by atoms with Crippen LogP contribution >= 0.6 is 0 Å². The fraction of sp³-hybridized carbons (Fsp3) is 0.100. The SMILES string of the molecule is COc1ccc(-n2nnc(C=O)c2N)cc1. The van der Waals surface area contributed by atoms with Crippen molar-refractivity contribution in [1.29, 1.82) is 0 Å². The Morgan fingerprint density at radius 3 is 2.56 bits per heavy atom. The number of benzene rings is 1. The molecule has 0 bridgehead atoms. The van der Waals surface area contributed by atoms with Crippen LogP contribution < -0.4 is 10.5 Å². The molecular formula is C10H10N4O2. The summed E-state index contributed by atoms with van der Waals surface area (Å²) >= 11 is 0. The van der Waals surface area contributed by atoms with Crippen molar-refractivity contribution in [2.75, 3.05) is 12.8 Å². The van der Waals surface area contributed by atoms with E-state index in [1.165, 1.54) is 4.68 Å². The van der Waals surface area contributed by atoms with Crippen molar-refractivity contribution in [2.24, 2.45) is 0 Å². The van der Waals surface area contributed by atoms with Crippen LogP contribution in [0.4, 0.5) is 5.82 Å². The Hall–Kier alpha value is -2.37. The first-order valence-electron chi connectivity index (χ1n) is 4.57. The Kier molecular flexibility index (Phi) is 2.55. The Labute approximate surface area is 91.6 Å². The van der Waals surface area contributed by atoms with Crippen molar-refractivity contribution in [2.45, 2.75) is 0 Å². The van der Waals surface area contributed by atoms with Crippen LogP contribution in [0.25, 0.3) is 5.69 Å². The molecule has 1 aromatic carbocycles. The highest BCUT2D eigenvalue weighted by Crippen LogP contribution is 2.17. The van der Waals surface area contributed by atoms with Crippen LogP contribution in [-0.2, 0) is 0 Å². The third-order valence-electron chi connectivity index (χ3n) is 2.16. The molecule has 1 heterocycles. The Morgan fingerprint density at radius 2 is 2.06 bits per heavy atom. The van der Waals surface area contributed by atoms with Gasteiger partial charge in [0.25, 0.3) is 0 Å². The highest BCUT2D eigenvalue weighted by Gasteiger charge is 2.09. The molecule has 6 heteroatoms. The van der Waals surface area contributed by atoms with Crippen LogP contribution in [0.3, 0.4) is 0 Å². The van der Waals surface area contributed by atoms with Crippen LogP contribution in [0.1, 0.15) is 10.5 Å². The van der Waals surface area contributed by atoms with E-state index in [4.69, 9.17) is 10.5 Å². The summed E-state index contributed by atoms with van der Waals surface area (Å²) in [5.41, 5.74) is 6.55. The molecule has 1 aromatic heterocycles. The molecule has 0 radical (unpaired) electrons. The molecule has 0 unspecified atom stereocenters. The number of rotatable bonds is 3. The van der Waals surface area contributed by atoms with Gasteiger partial charge < -0.3 is 10.5 Å². The monoisotopic (exact) mass is 218 g/mol. The number of methoxy groups -OCH3 is 1. The summed E-state index contributed by atoms with van der Waals surface area (Å²) in [6, 6.07) is 7.10. The second kappa shape index (κ2) is 4.01. The van der Waals surface area contributed by atoms with Crippen LogP contribution in [0.5, 0.6) is 5.75 Å². The number of nitrogen functional groups attached to an aromatic ring is 1. The van der Waals surface area contributed by atoms with Crippen LogP contribution in [0.15, 0.2) is 24.3 Å². The lowest BCUT2D eigenvalue weighted by Crippen LogP contribution is -2.02. The smallest absolute Gasteiger partial charge is 0.174 e. The minimum Gasteiger partial charge on any atom is -0.497 e. The minimum atomic E-state index is 0.135. The number of carbonyl (C=O) groups excluding carboxylic acids is 1. The Balaban J connectivity index is 2.42. The van der Waals surface area contributed by atoms with Gasteiger partial charge in [-0.25, -0.2) is 0 Å². The maximum atomic E-state index is 10.6. The van der Waals surface area contributed by atoms with Gasteiger partial charge in [-0.1, -0.05) is 5.21 Å². The lowest BCUT2D eigenvalue weighted by Gasteiger charge is -2.03. The van der Waals surface area contributed by atoms with E-state index in [-0.39, 0.29) is 11.5 Å². The molecule has 0 aliphatic carbocycles. The van der Waals surface area contributed by atoms with Crippen molar-refractivity contribution >= 4 is 12.1 Å². The third-order valence-corrected chi connectivity index (χ3v) is 2.16. The lowest BCUT2D eigenvalue weighted by molar-refractivity contribution is 0.112. The predicted molar refractivity (Wildman–Crippen MR) is 57.7 cm³/mol. The fourth-order valence-corrected chi connectivity index (χ4v) is 1.30. The first-order valence-corrected chi connectivity index (χ1v) is 4.57. The van der Waals surface area contributed by atoms with Gasteiger partial charge >= 0.3 is 0 Å². The van der Waals surface area contributed by atoms with Crippen LogP contribution in [0.2, 0.25) is 0 Å². The Morgan fingerprint density at radius 1 is 1.38 bits per heavy atom. The summed E-state index contributed by atoms with van der Waals surface area (Å²) in [4.78, 5) is 10.6. The van der Waals surface area contributed by atoms with Gasteiger partial charge in [0.05, 0.1) is 12.8 Å². The van der Waals surface area contributed by atoms with E-state index in [1.54, 1.807) is 31.4 Å². The summed E-state index contributed by atoms with van der Waals surface area (Å²) < 4.78 is 6.42. The number of anilines is 1. The number of aldehydes is 1. The van der Waals surface area contributed by atoms with Gasteiger partial charge in [-0.15, -0.1) is 5.10 Å². The molecule has 2 rings (SSSR count). The Bertz CT molecular complexity index is 504. The third kappa shape index (κ3) is 1.60. The van der Waals surface area contributed by atoms with E-state index in [9.17, 15) is 4.79 Å². The zero-order chi connectivity index (χ0) is 11.5. The number of aromatic nitrogens is 3. The van der Waals surface area contributed by atoms with Crippen LogP contribution in [0, 0.1) is 0 Å². The molecule has 0 aliphatic rings. The molecule has 0 saturated heterocycles. The maximum absolute atomic E-state index is 10.6. The second-order valence-electron chi connectivity index (χ2n) is 3.09. The van der Waals surface area contributed by atoms with E-state index >= 15 is 0 Å². The molecule has 16 heavy (non-hydrogen) atoms. The summed E-state index contributed by atoms with van der Waals surface area (Å²) in [7, 11) is 1.59. The summed E-state index contributed by atoms with van der Waals surface area (Å²) in [6.45, 7) is 0. The quantitative estimate of drug-likeness (QED) is 0.765. The van der Waals surface area contributed by atoms with Crippen molar-refractivity contribution in [3.63, 3.8) is 0 Å². The van der Waals surface area contributed by atoms with E-state index in [0.717, 1.165) is 11.4 Å². The first-order chi connectivity index (χ1) is 7.76. The number of hydrogen-bond donors (Lipinski definition) is 1. The average Bonchev–Trinajstić information content (AvgIpc) is 2.70. The van der Waals surface area contributed by atoms with Gasteiger partial charge in [-0.2, -0.15) is 4.68 Å². The standard InChI is InChI=1S/C10H10N4O2/c1-16-8-4-2-7(3-5-8)14-10(11)9(6-15)12-13-14/h2-6H,11H2,1H3. The summed E-state index contributed by atoms with van der Waals surface area (Å²) in [6.07, 6.45) is 0.572. The highest BCUT2D eigenvalue weighted by molar-refractivity contribution is 5.79. The number of nitrogens with two attached hydrogens (primary N) is 1. The van der Waals surface area contributed by atoms with Crippen molar-refractivity contribution < 1.29 is 9.53 Å². The number of carbonyl (C=O) groups is 1. The van der Waals surface area contributed by atoms with Gasteiger partial charge in [-0.05, 0) is 24.3 Å². The molecule has 6 nitrogen and oxygen atoms in total. The number of hydrogen-bond acceptors (Lipinski definition) is 5. The first kappa shape index (κ1) is 10.2. The molecule has 0 saturated carbocycles. The van der Waals surface area contributed by atoms with Crippen molar-refractivity contribution in [3.05, 3.63) is 30.0 Å². The van der Waals surface area contributed by atoms with E-state index in [1.807, 2.05) is 0 Å². The molecule has 0 fully saturated rings. The molecule has 0 amide bonds. The molecule has 0 atom stereocenters. The molecule has 2 aromatic rings. The summed E-state index contributed by atoms with van der Waals surface area (Å²) in [5, 5.41) is 7.42. The number of ether oxygens (including phenoxy) is 1. The predicted octanol–water partition coefficient (Wildman–Crippen LogP) is 0.671. The minimum absolute atomic E-state index is 0.135. The largest absolute Gasteiger partial charge is 0.497 e. The van der Waals surface area contributed by atoms with Crippen molar-refractivity contribution in [1.82, 2.24) is 15.0 Å². The molecular weight excluding hydrogens is 208 g/mol. The van der Waals surface area contributed by atoms with Gasteiger partial charge in [0, 0.05) is 0 Å². The second-order valence-corrected chi connectivity index (χ2v) is 3.09. The molecule has 0 spiro atoms. The zero-order valence-electron chi connectivity index (χ0n) is 8.62. The average molecular weight is 218 g/mol. The van der Waals surface area contributed by atoms with E-state index in [2.05, 4.69) is 10.3 Å².